The van der Waals surface area contributed by atoms with E-state index in [9.17, 15) is 0 Å². The summed E-state index contributed by atoms with van der Waals surface area (Å²) in [4.78, 5) is 15.2. The quantitative estimate of drug-likeness (QED) is 0.153. The molecule has 1 aromatic heterocycles. The second-order valence-corrected chi connectivity index (χ2v) is 17.4. The number of nitrogens with zero attached hydrogens (tertiary/aromatic N) is 3. The molecule has 0 radical (unpaired) electrons. The summed E-state index contributed by atoms with van der Waals surface area (Å²) in [7, 11) is 0. The third kappa shape index (κ3) is 6.71. The first-order chi connectivity index (χ1) is 33.7. The van der Waals surface area contributed by atoms with Gasteiger partial charge in [-0.25, -0.2) is 15.0 Å². The number of fused-ring (bicyclic) bond motifs is 4. The molecule has 0 spiro atoms. The highest BCUT2D eigenvalue weighted by molar-refractivity contribution is 6.28. The van der Waals surface area contributed by atoms with Crippen LogP contribution in [-0.4, -0.2) is 15.0 Å². The molecule has 0 amide bonds. The topological polar surface area (TPSA) is 38.7 Å². The van der Waals surface area contributed by atoms with Gasteiger partial charge in [-0.05, 0) is 105 Å². The molecular weight excluding hydrogens is 823 g/mol. The van der Waals surface area contributed by atoms with Crippen molar-refractivity contribution in [1.82, 2.24) is 15.0 Å². The van der Waals surface area contributed by atoms with E-state index in [4.69, 9.17) is 15.0 Å². The molecule has 0 fully saturated rings. The average Bonchev–Trinajstić information content (AvgIpc) is 3.75. The predicted octanol–water partition coefficient (Wildman–Crippen LogP) is 17.2. The number of hydrogen-bond acceptors (Lipinski definition) is 3. The first kappa shape index (κ1) is 39.3. The highest BCUT2D eigenvalue weighted by atomic mass is 15.0. The fourth-order valence-corrected chi connectivity index (χ4v) is 10.3. The summed E-state index contributed by atoms with van der Waals surface area (Å²) in [6, 6.07) is 88.9. The van der Waals surface area contributed by atoms with Crippen molar-refractivity contribution in [2.75, 3.05) is 0 Å². The van der Waals surface area contributed by atoms with E-state index in [0.717, 1.165) is 33.4 Å². The third-order valence-electron chi connectivity index (χ3n) is 13.5. The minimum Gasteiger partial charge on any atom is -0.208 e. The molecule has 0 aliphatic heterocycles. The van der Waals surface area contributed by atoms with Gasteiger partial charge in [0.25, 0.3) is 0 Å². The van der Waals surface area contributed by atoms with Gasteiger partial charge in [-0.3, -0.25) is 0 Å². The van der Waals surface area contributed by atoms with E-state index in [1.54, 1.807) is 0 Å². The summed E-state index contributed by atoms with van der Waals surface area (Å²) in [6.45, 7) is 0. The van der Waals surface area contributed by atoms with Crippen LogP contribution in [0.2, 0.25) is 0 Å². The van der Waals surface area contributed by atoms with Crippen LogP contribution < -0.4 is 0 Å². The molecule has 0 saturated heterocycles. The van der Waals surface area contributed by atoms with E-state index >= 15 is 0 Å². The Labute approximate surface area is 395 Å². The van der Waals surface area contributed by atoms with Gasteiger partial charge in [0.15, 0.2) is 17.5 Å². The van der Waals surface area contributed by atoms with Crippen molar-refractivity contribution in [3.8, 4) is 112 Å². The molecule has 11 aromatic carbocycles. The lowest BCUT2D eigenvalue weighted by Crippen LogP contribution is -2.00. The highest BCUT2D eigenvalue weighted by Crippen LogP contribution is 2.58. The Bertz CT molecular complexity index is 3760. The molecule has 1 aliphatic carbocycles. The van der Waals surface area contributed by atoms with Gasteiger partial charge in [0, 0.05) is 16.7 Å². The van der Waals surface area contributed by atoms with Crippen LogP contribution in [0.15, 0.2) is 249 Å². The molecule has 0 saturated carbocycles. The Kier molecular flexibility index (Phi) is 9.50. The van der Waals surface area contributed by atoms with Crippen molar-refractivity contribution >= 4 is 21.5 Å². The Balaban J connectivity index is 0.905. The number of benzene rings is 11. The van der Waals surface area contributed by atoms with Gasteiger partial charge in [0.1, 0.15) is 0 Å². The van der Waals surface area contributed by atoms with Crippen LogP contribution in [0.25, 0.3) is 134 Å². The largest absolute Gasteiger partial charge is 0.208 e. The first-order valence-corrected chi connectivity index (χ1v) is 23.2. The van der Waals surface area contributed by atoms with Gasteiger partial charge < -0.3 is 0 Å². The summed E-state index contributed by atoms with van der Waals surface area (Å²) >= 11 is 0. The van der Waals surface area contributed by atoms with E-state index in [1.165, 1.54) is 82.7 Å². The average molecular weight is 864 g/mol. The smallest absolute Gasteiger partial charge is 0.164 e. The maximum atomic E-state index is 5.13. The normalized spacial score (nSPS) is 11.5. The minimum absolute atomic E-state index is 0.629. The Hall–Kier alpha value is -9.05. The van der Waals surface area contributed by atoms with Gasteiger partial charge in [-0.15, -0.1) is 0 Å². The maximum Gasteiger partial charge on any atom is 0.164 e. The Morgan fingerprint density at radius 3 is 1.04 bits per heavy atom. The van der Waals surface area contributed by atoms with Gasteiger partial charge in [-0.2, -0.15) is 0 Å². The van der Waals surface area contributed by atoms with Crippen molar-refractivity contribution in [3.63, 3.8) is 0 Å². The van der Waals surface area contributed by atoms with Crippen LogP contribution in [0.3, 0.4) is 0 Å². The number of hydrogen-bond donors (Lipinski definition) is 0. The summed E-state index contributed by atoms with van der Waals surface area (Å²) in [6.07, 6.45) is 0. The van der Waals surface area contributed by atoms with E-state index in [-0.39, 0.29) is 0 Å². The molecule has 0 bridgehead atoms. The van der Waals surface area contributed by atoms with Crippen molar-refractivity contribution in [3.05, 3.63) is 249 Å². The lowest BCUT2D eigenvalue weighted by Gasteiger charge is -2.20. The SMILES string of the molecule is c1ccc(-c2cccc(-c3ccc(-c4nc(-c5ccccc5)nc(-c5ccc(-c6ccc7c8c(cccc68)-c6c-7c(-c7ccccc7)c7ccccc7c6-c6ccccc6)cc5)n4)cc3)c2)cc1. The van der Waals surface area contributed by atoms with E-state index in [1.807, 2.05) is 18.2 Å². The fraction of sp³-hybridized carbons (Fsp3) is 0. The third-order valence-corrected chi connectivity index (χ3v) is 13.5. The second kappa shape index (κ2) is 16.4. The monoisotopic (exact) mass is 863 g/mol. The van der Waals surface area contributed by atoms with Gasteiger partial charge in [-0.1, -0.05) is 243 Å². The molecule has 68 heavy (non-hydrogen) atoms. The molecule has 316 valence electrons. The maximum absolute atomic E-state index is 5.13. The van der Waals surface area contributed by atoms with Crippen molar-refractivity contribution in [2.45, 2.75) is 0 Å². The van der Waals surface area contributed by atoms with Crippen LogP contribution in [0.4, 0.5) is 0 Å². The highest BCUT2D eigenvalue weighted by Gasteiger charge is 2.31. The van der Waals surface area contributed by atoms with Crippen molar-refractivity contribution in [2.24, 2.45) is 0 Å². The Morgan fingerprint density at radius 2 is 0.529 bits per heavy atom. The summed E-state index contributed by atoms with van der Waals surface area (Å²) in [5.74, 6) is 1.90. The van der Waals surface area contributed by atoms with Gasteiger partial charge >= 0.3 is 0 Å². The van der Waals surface area contributed by atoms with Crippen LogP contribution in [0, 0.1) is 0 Å². The van der Waals surface area contributed by atoms with Crippen LogP contribution >= 0.6 is 0 Å². The molecule has 3 heteroatoms. The lowest BCUT2D eigenvalue weighted by atomic mass is 9.82. The standard InChI is InChI=1S/C65H41N3/c1-5-17-42(18-6-1)50-25-15-26-51(41-50)43-31-35-48(36-32-43)64-66-63(47-23-11-4-12-24-47)67-65(68-64)49-37-33-44(34-38-49)52-39-40-57-60-53(52)29-16-30-56(60)61-58(45-19-7-2-8-20-45)54-27-13-14-28-55(54)59(62(57)61)46-21-9-3-10-22-46/h1-41H. The van der Waals surface area contributed by atoms with Crippen LogP contribution in [0.5, 0.6) is 0 Å². The van der Waals surface area contributed by atoms with Crippen molar-refractivity contribution in [1.29, 1.82) is 0 Å². The summed E-state index contributed by atoms with van der Waals surface area (Å²) in [5.41, 5.74) is 19.9. The zero-order valence-electron chi connectivity index (χ0n) is 37.0. The Morgan fingerprint density at radius 1 is 0.191 bits per heavy atom. The minimum atomic E-state index is 0.629. The van der Waals surface area contributed by atoms with E-state index in [0.29, 0.717) is 17.5 Å². The number of aromatic nitrogens is 3. The van der Waals surface area contributed by atoms with Crippen molar-refractivity contribution < 1.29 is 0 Å². The van der Waals surface area contributed by atoms with E-state index in [2.05, 4.69) is 231 Å². The number of rotatable bonds is 8. The summed E-state index contributed by atoms with van der Waals surface area (Å²) < 4.78 is 0. The molecule has 0 unspecified atom stereocenters. The zero-order chi connectivity index (χ0) is 45.0. The molecule has 3 nitrogen and oxygen atoms in total. The fourth-order valence-electron chi connectivity index (χ4n) is 10.3. The molecule has 1 aliphatic rings. The second-order valence-electron chi connectivity index (χ2n) is 17.4. The molecule has 13 rings (SSSR count). The van der Waals surface area contributed by atoms with Crippen LogP contribution in [0.1, 0.15) is 0 Å². The summed E-state index contributed by atoms with van der Waals surface area (Å²) in [5, 5.41) is 5.04. The molecule has 0 N–H and O–H groups in total. The van der Waals surface area contributed by atoms with Crippen LogP contribution in [-0.2, 0) is 0 Å². The van der Waals surface area contributed by atoms with Gasteiger partial charge in [0.05, 0.1) is 0 Å². The zero-order valence-corrected chi connectivity index (χ0v) is 37.0. The lowest BCUT2D eigenvalue weighted by molar-refractivity contribution is 1.07. The molecular formula is C65H41N3. The van der Waals surface area contributed by atoms with Gasteiger partial charge in [0.2, 0.25) is 0 Å². The predicted molar refractivity (Wildman–Crippen MR) is 283 cm³/mol. The first-order valence-electron chi connectivity index (χ1n) is 23.2. The molecule has 1 heterocycles. The van der Waals surface area contributed by atoms with E-state index < -0.39 is 0 Å². The molecule has 0 atom stereocenters. The molecule has 12 aromatic rings.